The first kappa shape index (κ1) is 21.2. The Hall–Kier alpha value is -3.09. The van der Waals surface area contributed by atoms with Crippen molar-refractivity contribution in [2.24, 2.45) is 0 Å². The van der Waals surface area contributed by atoms with Gasteiger partial charge in [-0.25, -0.2) is 0 Å². The van der Waals surface area contributed by atoms with Crippen molar-refractivity contribution in [3.63, 3.8) is 0 Å². The number of carbonyl (C=O) groups excluding carboxylic acids is 1. The maximum absolute atomic E-state index is 12.7. The van der Waals surface area contributed by atoms with Gasteiger partial charge in [-0.3, -0.25) is 9.48 Å². The minimum Gasteiger partial charge on any atom is -0.489 e. The summed E-state index contributed by atoms with van der Waals surface area (Å²) in [5.41, 5.74) is 2.40. The van der Waals surface area contributed by atoms with Crippen LogP contribution < -0.4 is 10.1 Å². The smallest absolute Gasteiger partial charge is 0.256 e. The van der Waals surface area contributed by atoms with E-state index in [-0.39, 0.29) is 5.91 Å². The Bertz CT molecular complexity index is 1210. The number of anilines is 1. The van der Waals surface area contributed by atoms with Crippen molar-refractivity contribution in [2.75, 3.05) is 5.32 Å². The Morgan fingerprint density at radius 1 is 1.03 bits per heavy atom. The van der Waals surface area contributed by atoms with Gasteiger partial charge in [-0.1, -0.05) is 63.9 Å². The second kappa shape index (κ2) is 9.81. The molecule has 0 fully saturated rings. The topological polar surface area (TPSA) is 56.2 Å². The van der Waals surface area contributed by atoms with E-state index < -0.39 is 0 Å². The molecular weight excluding hydrogens is 478 g/mol. The minimum atomic E-state index is -0.229. The summed E-state index contributed by atoms with van der Waals surface area (Å²) in [7, 11) is 0. The average Bonchev–Trinajstić information content (AvgIpc) is 3.21. The third-order valence-corrected chi connectivity index (χ3v) is 5.43. The van der Waals surface area contributed by atoms with Gasteiger partial charge in [0.05, 0.1) is 6.54 Å². The van der Waals surface area contributed by atoms with Crippen molar-refractivity contribution in [3.8, 4) is 5.75 Å². The van der Waals surface area contributed by atoms with E-state index >= 15 is 0 Å². The Morgan fingerprint density at radius 2 is 1.87 bits per heavy atom. The van der Waals surface area contributed by atoms with Crippen LogP contribution >= 0.6 is 27.5 Å². The van der Waals surface area contributed by atoms with Gasteiger partial charge in [-0.15, -0.1) is 0 Å². The van der Waals surface area contributed by atoms with E-state index in [1.54, 1.807) is 23.0 Å². The molecule has 31 heavy (non-hydrogen) atoms. The average molecular weight is 497 g/mol. The zero-order valence-electron chi connectivity index (χ0n) is 16.5. The monoisotopic (exact) mass is 495 g/mol. The molecule has 0 atom stereocenters. The van der Waals surface area contributed by atoms with Crippen LogP contribution in [-0.2, 0) is 13.2 Å². The molecule has 156 valence electrons. The van der Waals surface area contributed by atoms with E-state index in [1.165, 1.54) is 0 Å². The molecular formula is C24H19BrClN3O2. The lowest BCUT2D eigenvalue weighted by Gasteiger charge is -2.08. The van der Waals surface area contributed by atoms with Gasteiger partial charge in [-0.2, -0.15) is 5.10 Å². The molecule has 0 saturated heterocycles. The molecule has 1 amide bonds. The fourth-order valence-electron chi connectivity index (χ4n) is 3.03. The van der Waals surface area contributed by atoms with Crippen LogP contribution in [0.15, 0.2) is 89.5 Å². The lowest BCUT2D eigenvalue weighted by Crippen LogP contribution is -2.13. The van der Waals surface area contributed by atoms with Crippen molar-refractivity contribution in [1.29, 1.82) is 0 Å². The minimum absolute atomic E-state index is 0.229. The lowest BCUT2D eigenvalue weighted by molar-refractivity contribution is 0.102. The molecule has 3 aromatic carbocycles. The van der Waals surface area contributed by atoms with Crippen LogP contribution in [-0.4, -0.2) is 15.7 Å². The van der Waals surface area contributed by atoms with Gasteiger partial charge in [0.2, 0.25) is 0 Å². The number of rotatable bonds is 7. The summed E-state index contributed by atoms with van der Waals surface area (Å²) in [6.07, 6.45) is 1.81. The highest BCUT2D eigenvalue weighted by Crippen LogP contribution is 2.20. The molecule has 4 aromatic rings. The summed E-state index contributed by atoms with van der Waals surface area (Å²) in [4.78, 5) is 12.7. The number of aromatic nitrogens is 2. The van der Waals surface area contributed by atoms with Crippen LogP contribution in [0.4, 0.5) is 5.82 Å². The van der Waals surface area contributed by atoms with Crippen LogP contribution in [0.5, 0.6) is 5.75 Å². The van der Waals surface area contributed by atoms with E-state index in [0.717, 1.165) is 21.3 Å². The third kappa shape index (κ3) is 5.75. The fourth-order valence-corrected chi connectivity index (χ4v) is 3.61. The largest absolute Gasteiger partial charge is 0.489 e. The van der Waals surface area contributed by atoms with Gasteiger partial charge in [-0.05, 0) is 47.5 Å². The number of ether oxygens (including phenoxy) is 1. The number of benzene rings is 3. The molecule has 0 aliphatic rings. The van der Waals surface area contributed by atoms with Crippen molar-refractivity contribution < 1.29 is 9.53 Å². The molecule has 0 radical (unpaired) electrons. The number of nitrogens with zero attached hydrogens (tertiary/aromatic N) is 2. The van der Waals surface area contributed by atoms with Crippen LogP contribution in [0.25, 0.3) is 0 Å². The Balaban J connectivity index is 1.38. The fraction of sp³-hybridized carbons (Fsp3) is 0.0833. The van der Waals surface area contributed by atoms with E-state index in [4.69, 9.17) is 16.3 Å². The van der Waals surface area contributed by atoms with Gasteiger partial charge in [0.1, 0.15) is 12.4 Å². The van der Waals surface area contributed by atoms with E-state index in [9.17, 15) is 4.79 Å². The maximum Gasteiger partial charge on any atom is 0.256 e. The van der Waals surface area contributed by atoms with Crippen LogP contribution in [0.3, 0.4) is 0 Å². The summed E-state index contributed by atoms with van der Waals surface area (Å²) >= 11 is 9.64. The predicted molar refractivity (Wildman–Crippen MR) is 126 cm³/mol. The first-order chi connectivity index (χ1) is 15.1. The number of nitrogens with one attached hydrogen (secondary N) is 1. The summed E-state index contributed by atoms with van der Waals surface area (Å²) in [6, 6.07) is 24.3. The second-order valence-corrected chi connectivity index (χ2v) is 8.21. The molecule has 0 spiro atoms. The first-order valence-electron chi connectivity index (χ1n) is 9.62. The predicted octanol–water partition coefficient (Wildman–Crippen LogP) is 6.18. The van der Waals surface area contributed by atoms with Gasteiger partial charge >= 0.3 is 0 Å². The molecule has 0 saturated carbocycles. The highest BCUT2D eigenvalue weighted by atomic mass is 79.9. The molecule has 0 aliphatic carbocycles. The molecule has 0 bridgehead atoms. The number of amides is 1. The number of halogens is 2. The molecule has 5 nitrogen and oxygen atoms in total. The zero-order chi connectivity index (χ0) is 21.6. The van der Waals surface area contributed by atoms with Crippen molar-refractivity contribution >= 4 is 39.3 Å². The van der Waals surface area contributed by atoms with E-state index in [2.05, 4.69) is 26.3 Å². The summed E-state index contributed by atoms with van der Waals surface area (Å²) in [5, 5.41) is 7.94. The number of hydrogen-bond donors (Lipinski definition) is 1. The van der Waals surface area contributed by atoms with Crippen molar-refractivity contribution in [1.82, 2.24) is 9.78 Å². The zero-order valence-corrected chi connectivity index (χ0v) is 18.8. The quantitative estimate of drug-likeness (QED) is 0.332. The van der Waals surface area contributed by atoms with E-state index in [0.29, 0.717) is 29.6 Å². The highest BCUT2D eigenvalue weighted by Gasteiger charge is 2.10. The number of hydrogen-bond acceptors (Lipinski definition) is 3. The number of carbonyl (C=O) groups is 1. The third-order valence-electron chi connectivity index (χ3n) is 4.56. The van der Waals surface area contributed by atoms with Crippen LogP contribution in [0, 0.1) is 0 Å². The van der Waals surface area contributed by atoms with Gasteiger partial charge in [0.15, 0.2) is 5.82 Å². The molecule has 1 N–H and O–H groups in total. The molecule has 0 aliphatic heterocycles. The molecule has 1 heterocycles. The summed E-state index contributed by atoms with van der Waals surface area (Å²) < 4.78 is 8.49. The Labute approximate surface area is 193 Å². The van der Waals surface area contributed by atoms with Gasteiger partial charge < -0.3 is 10.1 Å². The van der Waals surface area contributed by atoms with Crippen LogP contribution in [0.2, 0.25) is 5.02 Å². The first-order valence-corrected chi connectivity index (χ1v) is 10.8. The summed E-state index contributed by atoms with van der Waals surface area (Å²) in [6.45, 7) is 0.891. The molecule has 4 rings (SSSR count). The Kier molecular flexibility index (Phi) is 6.70. The highest BCUT2D eigenvalue weighted by molar-refractivity contribution is 9.10. The van der Waals surface area contributed by atoms with Crippen molar-refractivity contribution in [3.05, 3.63) is 111 Å². The normalized spacial score (nSPS) is 10.6. The van der Waals surface area contributed by atoms with Crippen molar-refractivity contribution in [2.45, 2.75) is 13.2 Å². The van der Waals surface area contributed by atoms with Gasteiger partial charge in [0, 0.05) is 27.3 Å². The molecule has 0 unspecified atom stereocenters. The van der Waals surface area contributed by atoms with Gasteiger partial charge in [0.25, 0.3) is 5.91 Å². The van der Waals surface area contributed by atoms with E-state index in [1.807, 2.05) is 66.7 Å². The summed E-state index contributed by atoms with van der Waals surface area (Å²) in [5.74, 6) is 1.01. The van der Waals surface area contributed by atoms with Crippen LogP contribution in [0.1, 0.15) is 21.5 Å². The molecule has 7 heteroatoms. The molecule has 1 aromatic heterocycles. The lowest BCUT2D eigenvalue weighted by atomic mass is 10.1. The maximum atomic E-state index is 12.7. The Morgan fingerprint density at radius 3 is 2.71 bits per heavy atom. The SMILES string of the molecule is O=C(Nc1ccn(Cc2ccccc2Cl)n1)c1cccc(COc2cccc(Br)c2)c1. The standard InChI is InChI=1S/C24H19BrClN3O2/c25-20-8-4-9-21(14-20)31-16-17-5-3-7-18(13-17)24(30)27-23-11-12-29(28-23)15-19-6-1-2-10-22(19)26/h1-14H,15-16H2,(H,27,28,30). The second-order valence-electron chi connectivity index (χ2n) is 6.89.